The molecule has 1 aromatic carbocycles. The summed E-state index contributed by atoms with van der Waals surface area (Å²) in [5.74, 6) is -0.127. The van der Waals surface area contributed by atoms with Crippen LogP contribution in [0.25, 0.3) is 0 Å². The number of hydrogen-bond acceptors (Lipinski definition) is 2. The summed E-state index contributed by atoms with van der Waals surface area (Å²) in [6.45, 7) is 1.17. The van der Waals surface area contributed by atoms with Crippen molar-refractivity contribution in [2.24, 2.45) is 5.73 Å². The van der Waals surface area contributed by atoms with Gasteiger partial charge in [-0.25, -0.2) is 0 Å². The van der Waals surface area contributed by atoms with Crippen LogP contribution < -0.4 is 5.73 Å². The topological polar surface area (TPSA) is 29.3 Å². The number of alkyl halides is 3. The second-order valence-electron chi connectivity index (χ2n) is 4.76. The monoisotopic (exact) mass is 258 g/mol. The first-order chi connectivity index (χ1) is 8.45. The minimum atomic E-state index is -4.29. The van der Waals surface area contributed by atoms with Crippen LogP contribution in [0.5, 0.6) is 0 Å². The standard InChI is InChI=1S/C13H17F3N2/c1-18-7-6-10(12(18)8-17)9-4-2-3-5-11(9)13(14,15)16/h2-5,10,12H,6-8,17H2,1H3. The molecular weight excluding hydrogens is 241 g/mol. The van der Waals surface area contributed by atoms with E-state index in [1.165, 1.54) is 6.07 Å². The van der Waals surface area contributed by atoms with E-state index >= 15 is 0 Å². The Balaban J connectivity index is 2.39. The van der Waals surface area contributed by atoms with Gasteiger partial charge in [0.2, 0.25) is 0 Å². The van der Waals surface area contributed by atoms with Crippen molar-refractivity contribution in [3.8, 4) is 0 Å². The van der Waals surface area contributed by atoms with Crippen LogP contribution in [0.1, 0.15) is 23.5 Å². The van der Waals surface area contributed by atoms with E-state index in [0.29, 0.717) is 12.1 Å². The largest absolute Gasteiger partial charge is 0.416 e. The molecule has 0 saturated carbocycles. The van der Waals surface area contributed by atoms with Gasteiger partial charge in [-0.1, -0.05) is 18.2 Å². The molecule has 2 nitrogen and oxygen atoms in total. The maximum atomic E-state index is 13.0. The van der Waals surface area contributed by atoms with Gasteiger partial charge in [0, 0.05) is 18.5 Å². The summed E-state index contributed by atoms with van der Waals surface area (Å²) in [5, 5.41) is 0. The Morgan fingerprint density at radius 1 is 1.33 bits per heavy atom. The van der Waals surface area contributed by atoms with Crippen molar-refractivity contribution in [2.75, 3.05) is 20.1 Å². The minimum absolute atomic E-state index is 0.00602. The highest BCUT2D eigenvalue weighted by molar-refractivity contribution is 5.34. The summed E-state index contributed by atoms with van der Waals surface area (Å²) in [5.41, 5.74) is 5.54. The van der Waals surface area contributed by atoms with Crippen molar-refractivity contribution in [2.45, 2.75) is 24.6 Å². The Morgan fingerprint density at radius 2 is 2.00 bits per heavy atom. The smallest absolute Gasteiger partial charge is 0.329 e. The second kappa shape index (κ2) is 4.90. The molecule has 1 aliphatic rings. The van der Waals surface area contributed by atoms with Crippen molar-refractivity contribution in [1.29, 1.82) is 0 Å². The minimum Gasteiger partial charge on any atom is -0.329 e. The number of likely N-dealkylation sites (tertiary alicyclic amines) is 1. The number of likely N-dealkylation sites (N-methyl/N-ethyl adjacent to an activating group) is 1. The molecule has 0 spiro atoms. The first-order valence-corrected chi connectivity index (χ1v) is 6.01. The molecule has 2 rings (SSSR count). The highest BCUT2D eigenvalue weighted by Crippen LogP contribution is 2.40. The molecule has 1 heterocycles. The molecule has 1 fully saturated rings. The summed E-state index contributed by atoms with van der Waals surface area (Å²) in [7, 11) is 1.91. The van der Waals surface area contributed by atoms with Crippen LogP contribution in [0, 0.1) is 0 Å². The fourth-order valence-electron chi connectivity index (χ4n) is 2.79. The van der Waals surface area contributed by atoms with Crippen LogP contribution in [-0.2, 0) is 6.18 Å². The van der Waals surface area contributed by atoms with E-state index in [9.17, 15) is 13.2 Å². The van der Waals surface area contributed by atoms with Gasteiger partial charge in [-0.15, -0.1) is 0 Å². The molecule has 1 aliphatic heterocycles. The third kappa shape index (κ3) is 2.37. The third-order valence-electron chi connectivity index (χ3n) is 3.73. The Bertz CT molecular complexity index is 417. The lowest BCUT2D eigenvalue weighted by Crippen LogP contribution is -2.36. The lowest BCUT2D eigenvalue weighted by molar-refractivity contribution is -0.138. The predicted molar refractivity (Wildman–Crippen MR) is 64.3 cm³/mol. The number of benzene rings is 1. The van der Waals surface area contributed by atoms with E-state index in [0.717, 1.165) is 19.0 Å². The molecule has 0 bridgehead atoms. The number of halogens is 3. The molecule has 2 unspecified atom stereocenters. The number of rotatable bonds is 2. The number of nitrogens with zero attached hydrogens (tertiary/aromatic N) is 1. The number of hydrogen-bond donors (Lipinski definition) is 1. The quantitative estimate of drug-likeness (QED) is 0.883. The normalized spacial score (nSPS) is 25.6. The van der Waals surface area contributed by atoms with Crippen LogP contribution in [0.15, 0.2) is 24.3 Å². The molecule has 0 aromatic heterocycles. The van der Waals surface area contributed by atoms with Gasteiger partial charge >= 0.3 is 6.18 Å². The van der Waals surface area contributed by atoms with E-state index in [-0.39, 0.29) is 12.0 Å². The number of nitrogens with two attached hydrogens (primary N) is 1. The molecule has 1 saturated heterocycles. The Labute approximate surface area is 105 Å². The molecule has 0 radical (unpaired) electrons. The van der Waals surface area contributed by atoms with Crippen molar-refractivity contribution in [1.82, 2.24) is 4.90 Å². The zero-order valence-corrected chi connectivity index (χ0v) is 10.2. The molecule has 2 N–H and O–H groups in total. The summed E-state index contributed by atoms with van der Waals surface area (Å²) in [6.07, 6.45) is -3.57. The van der Waals surface area contributed by atoms with Crippen molar-refractivity contribution in [3.63, 3.8) is 0 Å². The summed E-state index contributed by atoms with van der Waals surface area (Å²) >= 11 is 0. The van der Waals surface area contributed by atoms with Crippen molar-refractivity contribution in [3.05, 3.63) is 35.4 Å². The van der Waals surface area contributed by atoms with Crippen LogP contribution in [0.3, 0.4) is 0 Å². The van der Waals surface area contributed by atoms with Gasteiger partial charge in [-0.2, -0.15) is 13.2 Å². The molecule has 0 aliphatic carbocycles. The Kier molecular flexibility index (Phi) is 3.64. The highest BCUT2D eigenvalue weighted by Gasteiger charge is 2.39. The van der Waals surface area contributed by atoms with Gasteiger partial charge in [-0.05, 0) is 31.6 Å². The highest BCUT2D eigenvalue weighted by atomic mass is 19.4. The molecule has 1 aromatic rings. The summed E-state index contributed by atoms with van der Waals surface area (Å²) in [6, 6.07) is 5.82. The summed E-state index contributed by atoms with van der Waals surface area (Å²) < 4.78 is 39.0. The van der Waals surface area contributed by atoms with Crippen molar-refractivity contribution >= 4 is 0 Å². The maximum absolute atomic E-state index is 13.0. The third-order valence-corrected chi connectivity index (χ3v) is 3.73. The van der Waals surface area contributed by atoms with Crippen molar-refractivity contribution < 1.29 is 13.2 Å². The molecule has 18 heavy (non-hydrogen) atoms. The van der Waals surface area contributed by atoms with E-state index in [1.54, 1.807) is 12.1 Å². The van der Waals surface area contributed by atoms with E-state index in [1.807, 2.05) is 11.9 Å². The molecule has 2 atom stereocenters. The van der Waals surface area contributed by atoms with Crippen LogP contribution in [0.2, 0.25) is 0 Å². The van der Waals surface area contributed by atoms with Crippen LogP contribution >= 0.6 is 0 Å². The molecule has 0 amide bonds. The maximum Gasteiger partial charge on any atom is 0.416 e. The van der Waals surface area contributed by atoms with Gasteiger partial charge < -0.3 is 10.6 Å². The molecule has 100 valence electrons. The first kappa shape index (κ1) is 13.4. The zero-order chi connectivity index (χ0) is 13.3. The van der Waals surface area contributed by atoms with Crippen LogP contribution in [0.4, 0.5) is 13.2 Å². The average Bonchev–Trinajstić information content (AvgIpc) is 2.69. The lowest BCUT2D eigenvalue weighted by atomic mass is 9.88. The van der Waals surface area contributed by atoms with Gasteiger partial charge in [0.15, 0.2) is 0 Å². The zero-order valence-electron chi connectivity index (χ0n) is 10.2. The fourth-order valence-corrected chi connectivity index (χ4v) is 2.79. The SMILES string of the molecule is CN1CCC(c2ccccc2C(F)(F)F)C1CN. The first-order valence-electron chi connectivity index (χ1n) is 6.01. The van der Waals surface area contributed by atoms with Gasteiger partial charge in [0.1, 0.15) is 0 Å². The average molecular weight is 258 g/mol. The summed E-state index contributed by atoms with van der Waals surface area (Å²) in [4.78, 5) is 2.04. The Hall–Kier alpha value is -1.07. The lowest BCUT2D eigenvalue weighted by Gasteiger charge is -2.25. The fraction of sp³-hybridized carbons (Fsp3) is 0.538. The van der Waals surface area contributed by atoms with E-state index in [2.05, 4.69) is 0 Å². The predicted octanol–water partition coefficient (Wildman–Crippen LogP) is 2.45. The van der Waals surface area contributed by atoms with Gasteiger partial charge in [0.25, 0.3) is 0 Å². The molecular formula is C13H17F3N2. The van der Waals surface area contributed by atoms with Gasteiger partial charge in [-0.3, -0.25) is 0 Å². The van der Waals surface area contributed by atoms with Crippen LogP contribution in [-0.4, -0.2) is 31.1 Å². The second-order valence-corrected chi connectivity index (χ2v) is 4.76. The van der Waals surface area contributed by atoms with Gasteiger partial charge in [0.05, 0.1) is 5.56 Å². The van der Waals surface area contributed by atoms with E-state index in [4.69, 9.17) is 5.73 Å². The van der Waals surface area contributed by atoms with E-state index < -0.39 is 11.7 Å². The molecule has 5 heteroatoms. The Morgan fingerprint density at radius 3 is 2.61 bits per heavy atom.